The number of carbonyl (C=O) groups is 3. The van der Waals surface area contributed by atoms with Gasteiger partial charge in [0.1, 0.15) is 11.5 Å². The average molecular weight is 1600 g/mol. The van der Waals surface area contributed by atoms with Crippen molar-refractivity contribution in [2.75, 3.05) is 13.2 Å². The van der Waals surface area contributed by atoms with E-state index in [-0.39, 0.29) is 105 Å². The highest BCUT2D eigenvalue weighted by Gasteiger charge is 2.66. The summed E-state index contributed by atoms with van der Waals surface area (Å²) in [6.45, 7) is 66.6. The van der Waals surface area contributed by atoms with Crippen LogP contribution in [0.15, 0.2) is 64.2 Å². The molecule has 21 heteroatoms. The molecule has 110 heavy (non-hydrogen) atoms. The van der Waals surface area contributed by atoms with E-state index >= 15 is 0 Å². The van der Waals surface area contributed by atoms with Crippen molar-refractivity contribution in [2.45, 2.75) is 385 Å². The summed E-state index contributed by atoms with van der Waals surface area (Å²) in [4.78, 5) is 47.5. The van der Waals surface area contributed by atoms with Crippen LogP contribution in [0, 0.1) is 91.5 Å². The van der Waals surface area contributed by atoms with Gasteiger partial charge >= 0.3 is 1.28 Å². The van der Waals surface area contributed by atoms with E-state index in [1.54, 1.807) is 12.1 Å². The van der Waals surface area contributed by atoms with E-state index in [0.29, 0.717) is 53.0 Å². The molecule has 616 valence electrons. The van der Waals surface area contributed by atoms with Gasteiger partial charge < -0.3 is 47.9 Å². The standard InChI is InChI=1S/C17H30O3.C16H25NO2.2C16H23NO2.C15H26O2.C8H7NO2S.CH4.H2P2S/c1-5-13-7-8-16(6-2)9-10-17(18-11-12-19-17)15(3,4)14(16)20-13;3*1-6-11-8-9-16(7-2)10-12(17-5)13(18)15(3,4)14(16)19-11;1-5-11-7-9-15(6-2)10-8-12(16)14(3,4)13(15)17-11;1-7-2-4-8(5-3-7)12(10,11)6-9;;1-2-3/h13-14H,5-12H2,1-4H3;11,14,18H,6-10H2,1-4H3;2*10-11,14H,6-9H2,1-4H3;11,13H,5-10H2,1-4H3;2-5H,1H3;1H4;1H2/p+1/t13-,14-,16-;3*11-,14-,16-;11-,13-,15-;;;/m00100.../s1/i/hT. The summed E-state index contributed by atoms with van der Waals surface area (Å²) in [5.41, 5.74) is 0.454. The van der Waals surface area contributed by atoms with Gasteiger partial charge in [0.15, 0.2) is 41.6 Å². The molecule has 17 nitrogen and oxygen atoms in total. The van der Waals surface area contributed by atoms with Gasteiger partial charge in [-0.2, -0.15) is 5.26 Å². The van der Waals surface area contributed by atoms with Crippen molar-refractivity contribution in [3.63, 3.8) is 0 Å². The fourth-order valence-electron chi connectivity index (χ4n) is 20.7. The molecule has 1 aromatic rings. The number of sulfone groups is 1. The minimum Gasteiger partial charge on any atom is -0.523 e. The topological polar surface area (TPSA) is 207 Å². The average Bonchev–Trinajstić information content (AvgIpc) is 1.71. The summed E-state index contributed by atoms with van der Waals surface area (Å²) in [6.07, 6.45) is 31.8. The molecule has 11 aliphatic rings. The van der Waals surface area contributed by atoms with Crippen LogP contribution in [-0.4, -0.2) is 112 Å². The number of aliphatic hydroxyl groups is 1. The predicted molar refractivity (Wildman–Crippen MR) is 448 cm³/mol. The van der Waals surface area contributed by atoms with Gasteiger partial charge in [-0.3, -0.25) is 4.79 Å². The molecule has 17 atom stereocenters. The van der Waals surface area contributed by atoms with E-state index in [0.717, 1.165) is 134 Å². The molecule has 2 unspecified atom stereocenters. The van der Waals surface area contributed by atoms with Gasteiger partial charge in [0, 0.05) is 45.3 Å². The van der Waals surface area contributed by atoms with Crippen molar-refractivity contribution in [1.29, 1.82) is 6.54 Å². The lowest BCUT2D eigenvalue weighted by Crippen LogP contribution is -2.65. The van der Waals surface area contributed by atoms with Crippen molar-refractivity contribution in [3.05, 3.63) is 99.1 Å². The maximum atomic E-state index is 12.4. The molecule has 5 aliphatic carbocycles. The largest absolute Gasteiger partial charge is 0.523 e. The molecule has 2 saturated carbocycles. The third-order valence-corrected chi connectivity index (χ3v) is 29.2. The molecule has 1 N–H and O–H groups in total. The Kier molecular flexibility index (Phi) is 33.7. The van der Waals surface area contributed by atoms with Gasteiger partial charge in [0.05, 0.1) is 113 Å². The fraction of sp³-hybridized carbons (Fsp3) is 0.787. The van der Waals surface area contributed by atoms with E-state index in [9.17, 15) is 27.9 Å². The number of nitriles is 1. The number of hydrogen-bond donors (Lipinski definition) is 1. The van der Waals surface area contributed by atoms with Crippen molar-refractivity contribution < 1.29 is 61.1 Å². The van der Waals surface area contributed by atoms with Crippen LogP contribution in [0.1, 0.15) is 312 Å². The lowest BCUT2D eigenvalue weighted by Gasteiger charge is -2.61. The molecule has 1 aromatic carbocycles. The SMILES string of the molecule is C.CC[C@H]1CC[C@@]2(CC)CCC(=O)C(C)(C)[C@@H]2O1.CC[C@H]1CC[C@@]2(CC)CCC3(OCCO3)C(C)(C)[C@@H]2O1.Cc1ccc(S(=O)(=O)C#N)cc1.[3H][P+](P)=S.[C-]#[N+]C1=C(O)C(C)(C)[C@@H]2O[C@@H](CC)CC[C@@]2(CC)C1.[C-]#[N+]C1=C[C@@]2(CC)CC[C@@H](CC)O[C@@H]2C(C)(C)C1=O.[C-]#[N+]C1=C[C@]2(CC)CC[C@H](CC)O[C@H]2C(C)(C)C1=O. The van der Waals surface area contributed by atoms with Crippen molar-refractivity contribution in [3.8, 4) is 5.40 Å². The second kappa shape index (κ2) is 39.2. The number of Topliss-reactive ketones (excluding diaryl/α,β-unsaturated/α-hetero) is 3. The van der Waals surface area contributed by atoms with Gasteiger partial charge in [0.25, 0.3) is 9.84 Å². The fourth-order valence-corrected chi connectivity index (χ4v) is 21.3. The van der Waals surface area contributed by atoms with Crippen molar-refractivity contribution in [1.82, 2.24) is 0 Å². The molecule has 6 heterocycles. The van der Waals surface area contributed by atoms with Gasteiger partial charge in [-0.25, -0.2) is 23.0 Å². The molecule has 6 aliphatic heterocycles. The van der Waals surface area contributed by atoms with Gasteiger partial charge in [-0.1, -0.05) is 176 Å². The third-order valence-electron chi connectivity index (χ3n) is 28.1. The number of hydrogen-bond acceptors (Lipinski definition) is 15. The van der Waals surface area contributed by atoms with Crippen LogP contribution in [-0.2, 0) is 69.2 Å². The molecule has 0 aromatic heterocycles. The van der Waals surface area contributed by atoms with Crippen LogP contribution in [0.25, 0.3) is 14.5 Å². The molecule has 8 fully saturated rings. The Morgan fingerprint density at radius 1 is 0.545 bits per heavy atom. The first kappa shape index (κ1) is 94.7. The van der Waals surface area contributed by atoms with E-state index < -0.39 is 38.9 Å². The maximum Gasteiger partial charge on any atom is 0.355 e. The molecular weight excluding hydrogens is 1460 g/mol. The summed E-state index contributed by atoms with van der Waals surface area (Å²) in [6, 6.07) is 6.16. The number of allylic oxidation sites excluding steroid dienone is 3. The van der Waals surface area contributed by atoms with Gasteiger partial charge in [-0.15, -0.1) is 0 Å². The van der Waals surface area contributed by atoms with Gasteiger partial charge in [0.2, 0.25) is 17.1 Å². The van der Waals surface area contributed by atoms with E-state index in [2.05, 4.69) is 132 Å². The quantitative estimate of drug-likeness (QED) is 0.0946. The molecule has 1 spiro atoms. The van der Waals surface area contributed by atoms with Crippen LogP contribution in [0.3, 0.4) is 0 Å². The first-order valence-corrected chi connectivity index (χ1v) is 46.1. The zero-order valence-electron chi connectivity index (χ0n) is 71.3. The number of rotatable bonds is 11. The number of ether oxygens (including phenoxy) is 7. The second-order valence-electron chi connectivity index (χ2n) is 35.8. The molecule has 0 radical (unpaired) electrons. The maximum absolute atomic E-state index is 12.4. The second-order valence-corrected chi connectivity index (χ2v) is 40.2. The Morgan fingerprint density at radius 3 is 1.27 bits per heavy atom. The molecule has 12 rings (SSSR count). The van der Waals surface area contributed by atoms with Crippen LogP contribution < -0.4 is 0 Å². The van der Waals surface area contributed by atoms with E-state index in [1.165, 1.54) is 56.1 Å². The van der Waals surface area contributed by atoms with Crippen LogP contribution in [0.4, 0.5) is 0 Å². The summed E-state index contributed by atoms with van der Waals surface area (Å²) < 4.78 is 72.2. The highest BCUT2D eigenvalue weighted by atomic mass is 32.6. The summed E-state index contributed by atoms with van der Waals surface area (Å²) >= 11 is 4.31. The van der Waals surface area contributed by atoms with Gasteiger partial charge in [-0.05, 0) is 183 Å². The van der Waals surface area contributed by atoms with Crippen LogP contribution in [0.5, 0.6) is 0 Å². The highest BCUT2D eigenvalue weighted by molar-refractivity contribution is 8.24. The predicted octanol–water partition coefficient (Wildman–Crippen LogP) is 22.4. The summed E-state index contributed by atoms with van der Waals surface area (Å²) in [7, 11) is -1.51. The zero-order valence-corrected chi connectivity index (χ0v) is 74.0. The number of carbonyl (C=O) groups excluding carboxylic acids is 3. The van der Waals surface area contributed by atoms with Crippen molar-refractivity contribution >= 4 is 54.9 Å². The molecular formula is C89H141N4O13P2S2+. The van der Waals surface area contributed by atoms with Crippen LogP contribution >= 0.6 is 15.9 Å². The zero-order chi connectivity index (χ0) is 82.7. The summed E-state index contributed by atoms with van der Waals surface area (Å²) in [5, 5.41) is 19.9. The number of benzene rings is 1. The number of aliphatic hydroxyl groups excluding tert-OH is 1. The lowest BCUT2D eigenvalue weighted by atomic mass is 9.54. The minimum atomic E-state index is -3.71. The Labute approximate surface area is 675 Å². The number of nitrogens with zero attached hydrogens (tertiary/aromatic N) is 4. The Bertz CT molecular complexity index is 3690. The molecule has 6 saturated heterocycles. The number of aryl methyl sites for hydroxylation is 1. The Balaban J connectivity index is 0.000000237. The Hall–Kier alpha value is -4.17. The third kappa shape index (κ3) is 19.4. The smallest absolute Gasteiger partial charge is 0.355 e. The van der Waals surface area contributed by atoms with E-state index in [1.807, 2.05) is 60.6 Å². The Morgan fingerprint density at radius 2 is 0.909 bits per heavy atom. The van der Waals surface area contributed by atoms with E-state index in [4.69, 9.17) is 59.4 Å². The summed E-state index contributed by atoms with van der Waals surface area (Å²) in [5.74, 6) is 0.102. The van der Waals surface area contributed by atoms with Crippen molar-refractivity contribution in [2.24, 2.45) is 54.1 Å². The normalized spacial score (nSPS) is 35.0. The number of fused-ring (bicyclic) bond motifs is 5. The highest BCUT2D eigenvalue weighted by Crippen LogP contribution is 2.63. The van der Waals surface area contributed by atoms with Crippen LogP contribution in [0.2, 0.25) is 0 Å². The number of thiocyanates is 1. The molecule has 0 bridgehead atoms. The first-order valence-electron chi connectivity index (χ1n) is 41.5. The first-order chi connectivity index (χ1) is 51.5. The molecule has 0 amide bonds. The monoisotopic (exact) mass is 1600 g/mol. The minimum absolute atomic E-state index is 0. The lowest BCUT2D eigenvalue weighted by molar-refractivity contribution is -0.324. The number of ketones is 3.